The Morgan fingerprint density at radius 2 is 2.11 bits per heavy atom. The van der Waals surface area contributed by atoms with E-state index in [4.69, 9.17) is 5.73 Å². The predicted molar refractivity (Wildman–Crippen MR) is 68.8 cm³/mol. The SMILES string of the molecule is Cc1[nH]ncc1C(=O)NCc1ccccc1CN. The number of carbonyl (C=O) groups excluding carboxylic acids is 1. The fourth-order valence-electron chi connectivity index (χ4n) is 1.78. The number of nitrogens with two attached hydrogens (primary N) is 1. The molecule has 2 aromatic rings. The van der Waals surface area contributed by atoms with Crippen molar-refractivity contribution < 1.29 is 4.79 Å². The molecule has 2 rings (SSSR count). The monoisotopic (exact) mass is 244 g/mol. The van der Waals surface area contributed by atoms with Gasteiger partial charge in [0.15, 0.2) is 0 Å². The van der Waals surface area contributed by atoms with Gasteiger partial charge in [0.25, 0.3) is 5.91 Å². The minimum Gasteiger partial charge on any atom is -0.348 e. The second-order valence-corrected chi connectivity index (χ2v) is 4.06. The number of aryl methyl sites for hydroxylation is 1. The maximum Gasteiger partial charge on any atom is 0.255 e. The summed E-state index contributed by atoms with van der Waals surface area (Å²) in [6, 6.07) is 7.80. The van der Waals surface area contributed by atoms with Crippen molar-refractivity contribution in [2.75, 3.05) is 0 Å². The Balaban J connectivity index is 2.04. The number of aromatic nitrogens is 2. The lowest BCUT2D eigenvalue weighted by Crippen LogP contribution is -2.24. The molecule has 0 saturated heterocycles. The van der Waals surface area contributed by atoms with Crippen LogP contribution in [-0.4, -0.2) is 16.1 Å². The number of aromatic amines is 1. The van der Waals surface area contributed by atoms with E-state index in [0.717, 1.165) is 16.8 Å². The van der Waals surface area contributed by atoms with Crippen molar-refractivity contribution >= 4 is 5.91 Å². The molecular formula is C13H16N4O. The van der Waals surface area contributed by atoms with E-state index in [-0.39, 0.29) is 5.91 Å². The molecule has 0 saturated carbocycles. The number of nitrogens with zero attached hydrogens (tertiary/aromatic N) is 1. The van der Waals surface area contributed by atoms with E-state index in [1.165, 1.54) is 6.20 Å². The highest BCUT2D eigenvalue weighted by atomic mass is 16.1. The van der Waals surface area contributed by atoms with Gasteiger partial charge in [-0.15, -0.1) is 0 Å². The first-order chi connectivity index (χ1) is 8.72. The lowest BCUT2D eigenvalue weighted by molar-refractivity contribution is 0.0950. The molecule has 0 fully saturated rings. The number of hydrogen-bond donors (Lipinski definition) is 3. The minimum absolute atomic E-state index is 0.131. The molecule has 4 N–H and O–H groups in total. The molecule has 5 heteroatoms. The van der Waals surface area contributed by atoms with E-state index in [1.807, 2.05) is 31.2 Å². The molecule has 0 spiro atoms. The fraction of sp³-hybridized carbons (Fsp3) is 0.231. The summed E-state index contributed by atoms with van der Waals surface area (Å²) in [5.74, 6) is -0.131. The van der Waals surface area contributed by atoms with Crippen LogP contribution in [0.15, 0.2) is 30.5 Å². The van der Waals surface area contributed by atoms with Gasteiger partial charge in [0.05, 0.1) is 11.8 Å². The maximum atomic E-state index is 11.9. The number of amides is 1. The lowest BCUT2D eigenvalue weighted by atomic mass is 10.1. The molecule has 0 aliphatic carbocycles. The summed E-state index contributed by atoms with van der Waals surface area (Å²) in [4.78, 5) is 11.9. The zero-order chi connectivity index (χ0) is 13.0. The van der Waals surface area contributed by atoms with E-state index < -0.39 is 0 Å². The van der Waals surface area contributed by atoms with Crippen molar-refractivity contribution in [1.82, 2.24) is 15.5 Å². The largest absolute Gasteiger partial charge is 0.348 e. The molecule has 1 aromatic carbocycles. The first-order valence-electron chi connectivity index (χ1n) is 5.77. The van der Waals surface area contributed by atoms with Crippen molar-refractivity contribution in [3.05, 3.63) is 52.8 Å². The zero-order valence-corrected chi connectivity index (χ0v) is 10.2. The van der Waals surface area contributed by atoms with Crippen LogP contribution in [0.5, 0.6) is 0 Å². The standard InChI is InChI=1S/C13H16N4O/c1-9-12(8-16-17-9)13(18)15-7-11-5-3-2-4-10(11)6-14/h2-5,8H,6-7,14H2,1H3,(H,15,18)(H,16,17). The van der Waals surface area contributed by atoms with Crippen LogP contribution >= 0.6 is 0 Å². The molecule has 1 amide bonds. The zero-order valence-electron chi connectivity index (χ0n) is 10.2. The highest BCUT2D eigenvalue weighted by molar-refractivity contribution is 5.94. The van der Waals surface area contributed by atoms with E-state index in [2.05, 4.69) is 15.5 Å². The Bertz CT molecular complexity index is 547. The molecule has 1 aromatic heterocycles. The van der Waals surface area contributed by atoms with Crippen LogP contribution in [0.1, 0.15) is 27.2 Å². The summed E-state index contributed by atoms with van der Waals surface area (Å²) in [5, 5.41) is 9.43. The molecule has 5 nitrogen and oxygen atoms in total. The number of H-pyrrole nitrogens is 1. The van der Waals surface area contributed by atoms with Crippen molar-refractivity contribution in [3.8, 4) is 0 Å². The lowest BCUT2D eigenvalue weighted by Gasteiger charge is -2.08. The smallest absolute Gasteiger partial charge is 0.255 e. The van der Waals surface area contributed by atoms with Gasteiger partial charge < -0.3 is 11.1 Å². The quantitative estimate of drug-likeness (QED) is 0.753. The van der Waals surface area contributed by atoms with Crippen LogP contribution in [0, 0.1) is 6.92 Å². The highest BCUT2D eigenvalue weighted by Gasteiger charge is 2.10. The fourth-order valence-corrected chi connectivity index (χ4v) is 1.78. The summed E-state index contributed by atoms with van der Waals surface area (Å²) < 4.78 is 0. The summed E-state index contributed by atoms with van der Waals surface area (Å²) in [6.07, 6.45) is 1.53. The summed E-state index contributed by atoms with van der Waals surface area (Å²) in [7, 11) is 0. The van der Waals surface area contributed by atoms with E-state index >= 15 is 0 Å². The van der Waals surface area contributed by atoms with Crippen LogP contribution in [0.3, 0.4) is 0 Å². The summed E-state index contributed by atoms with van der Waals surface area (Å²) in [5.41, 5.74) is 9.06. The Morgan fingerprint density at radius 1 is 1.39 bits per heavy atom. The highest BCUT2D eigenvalue weighted by Crippen LogP contribution is 2.08. The average Bonchev–Trinajstić information content (AvgIpc) is 2.82. The Kier molecular flexibility index (Phi) is 3.74. The van der Waals surface area contributed by atoms with Crippen molar-refractivity contribution in [1.29, 1.82) is 0 Å². The Hall–Kier alpha value is -2.14. The van der Waals surface area contributed by atoms with Crippen molar-refractivity contribution in [2.45, 2.75) is 20.0 Å². The van der Waals surface area contributed by atoms with Crippen molar-refractivity contribution in [3.63, 3.8) is 0 Å². The van der Waals surface area contributed by atoms with Gasteiger partial charge in [-0.2, -0.15) is 5.10 Å². The third-order valence-electron chi connectivity index (χ3n) is 2.85. The Labute approximate surface area is 105 Å². The van der Waals surface area contributed by atoms with Gasteiger partial charge in [-0.25, -0.2) is 0 Å². The number of nitrogens with one attached hydrogen (secondary N) is 2. The normalized spacial score (nSPS) is 10.3. The topological polar surface area (TPSA) is 83.8 Å². The second-order valence-electron chi connectivity index (χ2n) is 4.06. The molecule has 0 aliphatic heterocycles. The van der Waals surface area contributed by atoms with Gasteiger partial charge in [0.1, 0.15) is 0 Å². The van der Waals surface area contributed by atoms with E-state index in [9.17, 15) is 4.79 Å². The number of rotatable bonds is 4. The third-order valence-corrected chi connectivity index (χ3v) is 2.85. The van der Waals surface area contributed by atoms with Gasteiger partial charge in [0.2, 0.25) is 0 Å². The van der Waals surface area contributed by atoms with Gasteiger partial charge in [-0.05, 0) is 18.1 Å². The molecule has 0 unspecified atom stereocenters. The number of hydrogen-bond acceptors (Lipinski definition) is 3. The minimum atomic E-state index is -0.131. The first kappa shape index (κ1) is 12.3. The summed E-state index contributed by atoms with van der Waals surface area (Å²) in [6.45, 7) is 2.75. The third kappa shape index (κ3) is 2.57. The molecule has 1 heterocycles. The van der Waals surface area contributed by atoms with Gasteiger partial charge in [0, 0.05) is 18.8 Å². The Morgan fingerprint density at radius 3 is 2.72 bits per heavy atom. The number of carbonyl (C=O) groups is 1. The van der Waals surface area contributed by atoms with Gasteiger partial charge in [-0.3, -0.25) is 9.89 Å². The van der Waals surface area contributed by atoms with Crippen LogP contribution < -0.4 is 11.1 Å². The van der Waals surface area contributed by atoms with Gasteiger partial charge >= 0.3 is 0 Å². The van der Waals surface area contributed by atoms with E-state index in [1.54, 1.807) is 0 Å². The molecule has 0 radical (unpaired) electrons. The van der Waals surface area contributed by atoms with Crippen LogP contribution in [-0.2, 0) is 13.1 Å². The van der Waals surface area contributed by atoms with Crippen LogP contribution in [0.4, 0.5) is 0 Å². The molecule has 94 valence electrons. The molecule has 0 bridgehead atoms. The predicted octanol–water partition coefficient (Wildman–Crippen LogP) is 1.11. The maximum absolute atomic E-state index is 11.9. The molecule has 18 heavy (non-hydrogen) atoms. The van der Waals surface area contributed by atoms with Crippen molar-refractivity contribution in [2.24, 2.45) is 5.73 Å². The van der Waals surface area contributed by atoms with Crippen LogP contribution in [0.2, 0.25) is 0 Å². The van der Waals surface area contributed by atoms with Gasteiger partial charge in [-0.1, -0.05) is 24.3 Å². The second kappa shape index (κ2) is 5.46. The molecule has 0 aliphatic rings. The summed E-state index contributed by atoms with van der Waals surface area (Å²) >= 11 is 0. The molecule has 0 atom stereocenters. The van der Waals surface area contributed by atoms with E-state index in [0.29, 0.717) is 18.7 Å². The average molecular weight is 244 g/mol. The van der Waals surface area contributed by atoms with Crippen LogP contribution in [0.25, 0.3) is 0 Å². The number of benzene rings is 1. The first-order valence-corrected chi connectivity index (χ1v) is 5.77. The molecular weight excluding hydrogens is 228 g/mol.